The molecule has 0 fully saturated rings. The number of hydrogen-bond donors (Lipinski definition) is 0. The molecule has 0 saturated heterocycles. The number of hydrogen-bond acceptors (Lipinski definition) is 0. The van der Waals surface area contributed by atoms with Crippen LogP contribution in [0.5, 0.6) is 0 Å². The molecule has 0 spiro atoms. The standard InChI is InChI=1S/C21H25.C14H11Cl.C5H5.2ClH.Zr/c1-20(2,3)16-7-9-18-14(12-16)11-15-13-17(21(4,5)6)8-10-19(15)18;1-11-5-7-12(8-6-11)9-13-3-2-4-14(15)10-13;1-2-4-5-3-1;;;/h7-10,12H,11H2,1-6H3;2-8,10H,1H3;1-5H;2*1H;/q-1;;-1;;;+2/p-2. The average molecular weight is 719 g/mol. The minimum Gasteiger partial charge on any atom is -1.00 e. The van der Waals surface area contributed by atoms with E-state index in [2.05, 4.69) is 115 Å². The normalized spacial score (nSPS) is 11.3. The summed E-state index contributed by atoms with van der Waals surface area (Å²) in [5, 5.41) is 0.796. The van der Waals surface area contributed by atoms with E-state index in [-0.39, 0.29) is 35.6 Å². The van der Waals surface area contributed by atoms with Gasteiger partial charge in [-0.15, -0.1) is 11.1 Å². The fourth-order valence-corrected chi connectivity index (χ4v) is 5.86. The zero-order valence-electron chi connectivity index (χ0n) is 26.7. The predicted molar refractivity (Wildman–Crippen MR) is 179 cm³/mol. The molecular weight excluding hydrogens is 678 g/mol. The minimum absolute atomic E-state index is 0. The van der Waals surface area contributed by atoms with Gasteiger partial charge in [-0.25, -0.2) is 12.1 Å². The van der Waals surface area contributed by atoms with E-state index < -0.39 is 0 Å². The van der Waals surface area contributed by atoms with E-state index >= 15 is 0 Å². The summed E-state index contributed by atoms with van der Waals surface area (Å²) < 4.78 is 1.34. The van der Waals surface area contributed by atoms with Crippen LogP contribution in [-0.4, -0.2) is 3.21 Å². The van der Waals surface area contributed by atoms with E-state index in [4.69, 9.17) is 11.6 Å². The molecule has 4 heteroatoms. The Bertz CT molecular complexity index is 1560. The Labute approximate surface area is 297 Å². The number of fused-ring (bicyclic) bond motifs is 3. The van der Waals surface area contributed by atoms with E-state index in [1.54, 1.807) is 0 Å². The van der Waals surface area contributed by atoms with Gasteiger partial charge in [-0.1, -0.05) is 65.3 Å². The molecule has 0 bridgehead atoms. The Morgan fingerprint density at radius 2 is 1.36 bits per heavy atom. The Morgan fingerprint density at radius 3 is 1.91 bits per heavy atom. The summed E-state index contributed by atoms with van der Waals surface area (Å²) in [5.74, 6) is 0. The zero-order valence-corrected chi connectivity index (χ0v) is 31.5. The largest absolute Gasteiger partial charge is 1.00 e. The third-order valence-electron chi connectivity index (χ3n) is 7.47. The summed E-state index contributed by atoms with van der Waals surface area (Å²) in [5.41, 5.74) is 12.5. The second-order valence-corrected chi connectivity index (χ2v) is 14.7. The molecule has 0 aromatic heterocycles. The molecular formula is C40H41Cl3Zr-2. The van der Waals surface area contributed by atoms with Gasteiger partial charge in [0, 0.05) is 0 Å². The quantitative estimate of drug-likeness (QED) is 0.225. The molecule has 0 heterocycles. The Balaban J connectivity index is 0.000000260. The topological polar surface area (TPSA) is 0 Å². The molecule has 228 valence electrons. The van der Waals surface area contributed by atoms with E-state index in [0.29, 0.717) is 0 Å². The van der Waals surface area contributed by atoms with Crippen molar-refractivity contribution in [1.82, 2.24) is 0 Å². The average Bonchev–Trinajstić information content (AvgIpc) is 3.64. The second-order valence-electron chi connectivity index (χ2n) is 13.0. The first-order valence-electron chi connectivity index (χ1n) is 14.6. The smallest absolute Gasteiger partial charge is 0.172 e. The van der Waals surface area contributed by atoms with Gasteiger partial charge in [0.25, 0.3) is 0 Å². The summed E-state index contributed by atoms with van der Waals surface area (Å²) in [6.45, 7) is 15.7. The van der Waals surface area contributed by atoms with E-state index in [1.807, 2.05) is 48.5 Å². The Hall–Kier alpha value is -2.15. The molecule has 0 radical (unpaired) electrons. The van der Waals surface area contributed by atoms with Crippen LogP contribution >= 0.6 is 11.6 Å². The van der Waals surface area contributed by atoms with Gasteiger partial charge in [-0.05, 0) is 28.4 Å². The molecule has 0 saturated carbocycles. The molecule has 0 N–H and O–H groups in total. The Kier molecular flexibility index (Phi) is 14.2. The first-order chi connectivity index (χ1) is 19.8. The van der Waals surface area contributed by atoms with Crippen molar-refractivity contribution in [3.8, 4) is 11.1 Å². The monoisotopic (exact) mass is 716 g/mol. The van der Waals surface area contributed by atoms with Crippen molar-refractivity contribution in [1.29, 1.82) is 0 Å². The van der Waals surface area contributed by atoms with Crippen LogP contribution in [-0.2, 0) is 41.5 Å². The minimum atomic E-state index is 0. The fraction of sp³-hybridized carbons (Fsp3) is 0.250. The maximum absolute atomic E-state index is 6.00. The molecule has 44 heavy (non-hydrogen) atoms. The molecule has 0 nitrogen and oxygen atoms in total. The second kappa shape index (κ2) is 16.4. The van der Waals surface area contributed by atoms with E-state index in [9.17, 15) is 0 Å². The van der Waals surface area contributed by atoms with Crippen molar-refractivity contribution in [2.75, 3.05) is 0 Å². The van der Waals surface area contributed by atoms with Gasteiger partial charge < -0.3 is 24.8 Å². The summed E-state index contributed by atoms with van der Waals surface area (Å²) in [4.78, 5) is 0. The van der Waals surface area contributed by atoms with Gasteiger partial charge in [0.1, 0.15) is 0 Å². The van der Waals surface area contributed by atoms with Crippen LogP contribution in [0, 0.1) is 13.0 Å². The molecule has 0 amide bonds. The van der Waals surface area contributed by atoms with Crippen LogP contribution in [0.1, 0.15) is 80.5 Å². The number of halogens is 3. The van der Waals surface area contributed by atoms with Crippen molar-refractivity contribution in [2.45, 2.75) is 65.7 Å². The van der Waals surface area contributed by atoms with Gasteiger partial charge in [0.2, 0.25) is 0 Å². The third kappa shape index (κ3) is 10.2. The van der Waals surface area contributed by atoms with Crippen LogP contribution in [0.4, 0.5) is 0 Å². The summed E-state index contributed by atoms with van der Waals surface area (Å²) in [6, 6.07) is 41.8. The van der Waals surface area contributed by atoms with E-state index in [1.165, 1.54) is 77.5 Å². The van der Waals surface area contributed by atoms with Crippen molar-refractivity contribution in [3.05, 3.63) is 159 Å². The van der Waals surface area contributed by atoms with Crippen molar-refractivity contribution >= 4 is 14.8 Å². The van der Waals surface area contributed by atoms with Crippen molar-refractivity contribution in [2.24, 2.45) is 0 Å². The maximum atomic E-state index is 6.00. The fourth-order valence-electron chi connectivity index (χ4n) is 4.88. The SMILES string of the molecule is CC(C)(C)c1[c-]c2c(cc1)-c1ccc(C(C)(C)C)cc1C2.Cc1ccc([C](=[Zr+2])c2cccc(Cl)c2)cc1.[Cl-].[Cl-].c1cc[cH-]c1. The zero-order chi connectivity index (χ0) is 30.5. The molecule has 0 atom stereocenters. The number of aryl methyl sites for hydroxylation is 1. The van der Waals surface area contributed by atoms with Gasteiger partial charge >= 0.3 is 116 Å². The van der Waals surface area contributed by atoms with Crippen molar-refractivity contribution < 1.29 is 49.0 Å². The number of rotatable bonds is 2. The summed E-state index contributed by atoms with van der Waals surface area (Å²) in [7, 11) is 0. The molecule has 0 unspecified atom stereocenters. The molecule has 5 aromatic rings. The Morgan fingerprint density at radius 1 is 0.727 bits per heavy atom. The van der Waals surface area contributed by atoms with Crippen LogP contribution < -0.4 is 24.8 Å². The molecule has 5 aromatic carbocycles. The summed E-state index contributed by atoms with van der Waals surface area (Å²) in [6.07, 6.45) is 1.03. The van der Waals surface area contributed by atoms with Gasteiger partial charge in [0.15, 0.2) is 0 Å². The molecule has 0 aliphatic heterocycles. The van der Waals surface area contributed by atoms with Crippen LogP contribution in [0.2, 0.25) is 5.02 Å². The third-order valence-corrected chi connectivity index (χ3v) is 9.13. The molecule has 1 aliphatic carbocycles. The first kappa shape index (κ1) is 38.0. The summed E-state index contributed by atoms with van der Waals surface area (Å²) >= 11 is 7.40. The van der Waals surface area contributed by atoms with E-state index in [0.717, 1.165) is 11.4 Å². The first-order valence-corrected chi connectivity index (χ1v) is 16.2. The van der Waals surface area contributed by atoms with Crippen molar-refractivity contribution in [3.63, 3.8) is 0 Å². The van der Waals surface area contributed by atoms with Gasteiger partial charge in [-0.3, -0.25) is 0 Å². The van der Waals surface area contributed by atoms with Gasteiger partial charge in [0.05, 0.1) is 0 Å². The van der Waals surface area contributed by atoms with Crippen LogP contribution in [0.3, 0.4) is 0 Å². The molecule has 1 aliphatic rings. The van der Waals surface area contributed by atoms with Crippen LogP contribution in [0.15, 0.2) is 109 Å². The predicted octanol–water partition coefficient (Wildman–Crippen LogP) is 4.83. The van der Waals surface area contributed by atoms with Crippen LogP contribution in [0.25, 0.3) is 11.1 Å². The maximum Gasteiger partial charge on any atom is -0.172 e. The molecule has 6 rings (SSSR count). The number of benzene rings is 4. The van der Waals surface area contributed by atoms with Gasteiger partial charge in [-0.2, -0.15) is 42.0 Å².